The monoisotopic (exact) mass is 258 g/mol. The van der Waals surface area contributed by atoms with Crippen LogP contribution >= 0.6 is 0 Å². The maximum absolute atomic E-state index is 11.8. The lowest BCUT2D eigenvalue weighted by Crippen LogP contribution is -2.53. The van der Waals surface area contributed by atoms with Crippen LogP contribution in [-0.4, -0.2) is 49.9 Å². The van der Waals surface area contributed by atoms with Gasteiger partial charge in [-0.15, -0.1) is 10.2 Å². The molecule has 1 aliphatic heterocycles. The molecule has 1 saturated heterocycles. The topological polar surface area (TPSA) is 71.2 Å². The van der Waals surface area contributed by atoms with Crippen molar-refractivity contribution in [2.24, 2.45) is 0 Å². The van der Waals surface area contributed by atoms with Gasteiger partial charge in [0.05, 0.1) is 12.5 Å². The normalized spacial score (nSPS) is 15.3. The van der Waals surface area contributed by atoms with Crippen LogP contribution < -0.4 is 0 Å². The van der Waals surface area contributed by atoms with Gasteiger partial charge in [-0.1, -0.05) is 12.1 Å². The van der Waals surface area contributed by atoms with Crippen LogP contribution in [0.4, 0.5) is 0 Å². The predicted molar refractivity (Wildman–Crippen MR) is 67.6 cm³/mol. The highest BCUT2D eigenvalue weighted by atomic mass is 16.3. The van der Waals surface area contributed by atoms with E-state index in [1.165, 1.54) is 0 Å². The van der Waals surface area contributed by atoms with Gasteiger partial charge in [-0.25, -0.2) is 0 Å². The number of hydrogen-bond acceptors (Lipinski definition) is 4. The molecule has 1 amide bonds. The van der Waals surface area contributed by atoms with Crippen molar-refractivity contribution in [3.05, 3.63) is 42.5 Å². The smallest absolute Gasteiger partial charge is 0.227 e. The molecule has 0 atom stereocenters. The molecule has 2 aromatic rings. The lowest BCUT2D eigenvalue weighted by molar-refractivity contribution is -0.140. The summed E-state index contributed by atoms with van der Waals surface area (Å²) in [5.41, 5.74) is 1.92. The molecule has 2 heterocycles. The van der Waals surface area contributed by atoms with E-state index < -0.39 is 0 Å². The molecule has 6 nitrogen and oxygen atoms in total. The molecule has 0 aliphatic carbocycles. The van der Waals surface area contributed by atoms with E-state index in [2.05, 4.69) is 10.2 Å². The number of aliphatic hydroxyl groups is 1. The number of β-amino-alcohol motifs (C(OH)–C–C–N with tert-alkyl or cyclic N) is 1. The van der Waals surface area contributed by atoms with Gasteiger partial charge in [-0.3, -0.25) is 9.36 Å². The highest BCUT2D eigenvalue weighted by Gasteiger charge is 2.28. The van der Waals surface area contributed by atoms with Crippen LogP contribution in [0.15, 0.2) is 36.9 Å². The molecule has 19 heavy (non-hydrogen) atoms. The first-order valence-corrected chi connectivity index (χ1v) is 6.12. The Morgan fingerprint density at radius 2 is 1.84 bits per heavy atom. The minimum absolute atomic E-state index is 0.0577. The number of likely N-dealkylation sites (tertiary alicyclic amines) is 1. The first-order valence-electron chi connectivity index (χ1n) is 6.12. The minimum atomic E-state index is -0.347. The summed E-state index contributed by atoms with van der Waals surface area (Å²) in [5.74, 6) is 0.0577. The standard InChI is InChI=1S/C13H14N4O2/c18-12-6-16(7-12)13(19)5-10-1-3-11(4-2-10)17-8-14-15-9-17/h1-4,8-9,12,18H,5-7H2. The van der Waals surface area contributed by atoms with Gasteiger partial charge in [0.1, 0.15) is 12.7 Å². The van der Waals surface area contributed by atoms with Crippen molar-refractivity contribution in [2.75, 3.05) is 13.1 Å². The number of hydrogen-bond donors (Lipinski definition) is 1. The van der Waals surface area contributed by atoms with E-state index in [4.69, 9.17) is 5.11 Å². The number of aliphatic hydroxyl groups excluding tert-OH is 1. The van der Waals surface area contributed by atoms with Gasteiger partial charge in [-0.2, -0.15) is 0 Å². The van der Waals surface area contributed by atoms with Crippen molar-refractivity contribution >= 4 is 5.91 Å². The number of carbonyl (C=O) groups excluding carboxylic acids is 1. The van der Waals surface area contributed by atoms with E-state index in [-0.39, 0.29) is 12.0 Å². The van der Waals surface area contributed by atoms with Gasteiger partial charge in [0.25, 0.3) is 0 Å². The molecular formula is C13H14N4O2. The van der Waals surface area contributed by atoms with E-state index in [1.807, 2.05) is 24.3 Å². The van der Waals surface area contributed by atoms with Crippen LogP contribution in [0.1, 0.15) is 5.56 Å². The second-order valence-corrected chi connectivity index (χ2v) is 4.66. The molecule has 0 bridgehead atoms. The number of amides is 1. The van der Waals surface area contributed by atoms with Crippen molar-refractivity contribution in [3.63, 3.8) is 0 Å². The third-order valence-electron chi connectivity index (χ3n) is 3.22. The summed E-state index contributed by atoms with van der Waals surface area (Å²) in [5, 5.41) is 16.7. The first-order chi connectivity index (χ1) is 9.22. The predicted octanol–water partition coefficient (Wildman–Crippen LogP) is 0.0129. The van der Waals surface area contributed by atoms with E-state index in [9.17, 15) is 4.79 Å². The van der Waals surface area contributed by atoms with E-state index in [0.29, 0.717) is 19.5 Å². The summed E-state index contributed by atoms with van der Waals surface area (Å²) in [7, 11) is 0. The fourth-order valence-corrected chi connectivity index (χ4v) is 2.07. The Kier molecular flexibility index (Phi) is 3.00. The molecule has 0 radical (unpaired) electrons. The summed E-state index contributed by atoms with van der Waals surface area (Å²) in [6.07, 6.45) is 3.28. The zero-order valence-corrected chi connectivity index (χ0v) is 10.3. The van der Waals surface area contributed by atoms with Crippen molar-refractivity contribution in [1.82, 2.24) is 19.7 Å². The summed E-state index contributed by atoms with van der Waals surface area (Å²) < 4.78 is 1.80. The average Bonchev–Trinajstić information content (AvgIpc) is 2.90. The summed E-state index contributed by atoms with van der Waals surface area (Å²) in [6.45, 7) is 0.912. The lowest BCUT2D eigenvalue weighted by atomic mass is 10.1. The number of nitrogens with zero attached hydrogens (tertiary/aromatic N) is 4. The number of carbonyl (C=O) groups is 1. The lowest BCUT2D eigenvalue weighted by Gasteiger charge is -2.35. The number of rotatable bonds is 3. The largest absolute Gasteiger partial charge is 0.389 e. The van der Waals surface area contributed by atoms with Crippen molar-refractivity contribution in [3.8, 4) is 5.69 Å². The third-order valence-corrected chi connectivity index (χ3v) is 3.22. The van der Waals surface area contributed by atoms with Crippen LogP contribution in [0, 0.1) is 0 Å². The minimum Gasteiger partial charge on any atom is -0.389 e. The Hall–Kier alpha value is -2.21. The molecule has 0 saturated carbocycles. The van der Waals surface area contributed by atoms with E-state index >= 15 is 0 Å². The zero-order valence-electron chi connectivity index (χ0n) is 10.3. The Bertz CT molecular complexity index is 559. The molecule has 0 spiro atoms. The maximum Gasteiger partial charge on any atom is 0.227 e. The van der Waals surface area contributed by atoms with Crippen molar-refractivity contribution in [1.29, 1.82) is 0 Å². The van der Waals surface area contributed by atoms with Crippen LogP contribution in [0.3, 0.4) is 0 Å². The SMILES string of the molecule is O=C(Cc1ccc(-n2cnnc2)cc1)N1CC(O)C1. The molecular weight excluding hydrogens is 244 g/mol. The quantitative estimate of drug-likeness (QED) is 0.842. The molecule has 1 aromatic carbocycles. The van der Waals surface area contributed by atoms with Crippen LogP contribution in [0.2, 0.25) is 0 Å². The van der Waals surface area contributed by atoms with Gasteiger partial charge in [0.2, 0.25) is 5.91 Å². The number of aromatic nitrogens is 3. The fourth-order valence-electron chi connectivity index (χ4n) is 2.07. The Morgan fingerprint density at radius 3 is 2.42 bits per heavy atom. The van der Waals surface area contributed by atoms with Gasteiger partial charge < -0.3 is 10.0 Å². The molecule has 1 fully saturated rings. The Balaban J connectivity index is 1.65. The molecule has 3 rings (SSSR count). The molecule has 1 aromatic heterocycles. The second kappa shape index (κ2) is 4.81. The molecule has 0 unspecified atom stereocenters. The zero-order chi connectivity index (χ0) is 13.2. The Morgan fingerprint density at radius 1 is 1.21 bits per heavy atom. The van der Waals surface area contributed by atoms with Crippen LogP contribution in [-0.2, 0) is 11.2 Å². The number of benzene rings is 1. The van der Waals surface area contributed by atoms with Gasteiger partial charge in [-0.05, 0) is 17.7 Å². The molecule has 1 N–H and O–H groups in total. The van der Waals surface area contributed by atoms with Crippen molar-refractivity contribution < 1.29 is 9.90 Å². The Labute approximate surface area is 110 Å². The first kappa shape index (κ1) is 11.9. The molecule has 6 heteroatoms. The third kappa shape index (κ3) is 2.48. The van der Waals surface area contributed by atoms with Gasteiger partial charge in [0.15, 0.2) is 0 Å². The highest BCUT2D eigenvalue weighted by molar-refractivity contribution is 5.79. The maximum atomic E-state index is 11.8. The highest BCUT2D eigenvalue weighted by Crippen LogP contribution is 2.13. The summed E-state index contributed by atoms with van der Waals surface area (Å²) in [6, 6.07) is 7.70. The molecule has 1 aliphatic rings. The van der Waals surface area contributed by atoms with E-state index in [0.717, 1.165) is 11.3 Å². The average molecular weight is 258 g/mol. The van der Waals surface area contributed by atoms with E-state index in [1.54, 1.807) is 22.1 Å². The molecule has 98 valence electrons. The van der Waals surface area contributed by atoms with Crippen LogP contribution in [0.5, 0.6) is 0 Å². The summed E-state index contributed by atoms with van der Waals surface area (Å²) >= 11 is 0. The van der Waals surface area contributed by atoms with Gasteiger partial charge in [0, 0.05) is 18.8 Å². The van der Waals surface area contributed by atoms with Crippen LogP contribution in [0.25, 0.3) is 5.69 Å². The van der Waals surface area contributed by atoms with Crippen molar-refractivity contribution in [2.45, 2.75) is 12.5 Å². The van der Waals surface area contributed by atoms with Gasteiger partial charge >= 0.3 is 0 Å². The fraction of sp³-hybridized carbons (Fsp3) is 0.308. The summed E-state index contributed by atoms with van der Waals surface area (Å²) in [4.78, 5) is 13.5. The second-order valence-electron chi connectivity index (χ2n) is 4.66.